The zero-order chi connectivity index (χ0) is 26.2. The zero-order valence-electron chi connectivity index (χ0n) is 21.4. The van der Waals surface area contributed by atoms with Crippen molar-refractivity contribution < 1.29 is 28.6 Å². The van der Waals surface area contributed by atoms with Crippen LogP contribution in [-0.2, 0) is 28.6 Å². The normalized spacial score (nSPS) is 15.7. The van der Waals surface area contributed by atoms with Crippen LogP contribution in [0.4, 0.5) is 5.69 Å². The molecule has 1 aliphatic rings. The number of hydrogen-bond donors (Lipinski definition) is 0. The quantitative estimate of drug-likeness (QED) is 0.355. The highest BCUT2D eigenvalue weighted by Crippen LogP contribution is 2.45. The third-order valence-corrected chi connectivity index (χ3v) is 5.66. The fourth-order valence-corrected chi connectivity index (χ4v) is 4.19. The summed E-state index contributed by atoms with van der Waals surface area (Å²) in [5.74, 6) is -2.70. The van der Waals surface area contributed by atoms with Crippen molar-refractivity contribution in [2.75, 3.05) is 24.7 Å². The van der Waals surface area contributed by atoms with Crippen molar-refractivity contribution in [1.29, 1.82) is 0 Å². The Morgan fingerprint density at radius 1 is 0.778 bits per heavy atom. The Kier molecular flexibility index (Phi) is 9.06. The third-order valence-electron chi connectivity index (χ3n) is 5.66. The molecule has 36 heavy (non-hydrogen) atoms. The van der Waals surface area contributed by atoms with E-state index in [1.54, 1.807) is 37.8 Å². The van der Waals surface area contributed by atoms with E-state index in [0.717, 1.165) is 0 Å². The number of rotatable bonds is 9. The molecular weight excluding hydrogens is 458 g/mol. The average Bonchev–Trinajstić information content (AvgIpc) is 2.87. The first kappa shape index (κ1) is 26.7. The Morgan fingerprint density at radius 3 is 1.86 bits per heavy atom. The first-order valence-electron chi connectivity index (χ1n) is 12.2. The van der Waals surface area contributed by atoms with E-state index >= 15 is 0 Å². The Bertz CT molecular complexity index is 1150. The van der Waals surface area contributed by atoms with E-state index < -0.39 is 23.8 Å². The van der Waals surface area contributed by atoms with E-state index in [1.807, 2.05) is 62.4 Å². The molecule has 0 bridgehead atoms. The second kappa shape index (κ2) is 12.2. The largest absolute Gasteiger partial charge is 0.463 e. The summed E-state index contributed by atoms with van der Waals surface area (Å²) in [5.41, 5.74) is 2.05. The van der Waals surface area contributed by atoms with Gasteiger partial charge >= 0.3 is 17.9 Å². The SMILES string of the molecule is CCOC(=O)C1=C(C(=O)OCC)N(c2ccccc2)C(C)=C(C(=O)OCC(C)C)C1c1ccccc1. The molecule has 2 aromatic rings. The van der Waals surface area contributed by atoms with Crippen LogP contribution in [0.1, 0.15) is 46.1 Å². The zero-order valence-corrected chi connectivity index (χ0v) is 21.4. The maximum Gasteiger partial charge on any atom is 0.355 e. The molecule has 7 nitrogen and oxygen atoms in total. The number of carbonyl (C=O) groups is 3. The molecule has 2 aromatic carbocycles. The van der Waals surface area contributed by atoms with E-state index in [1.165, 1.54) is 0 Å². The van der Waals surface area contributed by atoms with Gasteiger partial charge in [-0.2, -0.15) is 0 Å². The van der Waals surface area contributed by atoms with Crippen molar-refractivity contribution in [1.82, 2.24) is 0 Å². The van der Waals surface area contributed by atoms with Crippen molar-refractivity contribution in [3.05, 3.63) is 88.8 Å². The van der Waals surface area contributed by atoms with Gasteiger partial charge in [-0.3, -0.25) is 0 Å². The molecule has 0 saturated heterocycles. The maximum atomic E-state index is 13.6. The summed E-state index contributed by atoms with van der Waals surface area (Å²) in [6, 6.07) is 18.2. The molecule has 1 atom stereocenters. The van der Waals surface area contributed by atoms with E-state index in [9.17, 15) is 14.4 Å². The minimum atomic E-state index is -0.885. The summed E-state index contributed by atoms with van der Waals surface area (Å²) in [4.78, 5) is 42.2. The molecule has 3 rings (SSSR count). The third kappa shape index (κ3) is 5.67. The van der Waals surface area contributed by atoms with Gasteiger partial charge < -0.3 is 19.1 Å². The second-order valence-corrected chi connectivity index (χ2v) is 8.71. The molecule has 0 aromatic heterocycles. The molecule has 1 heterocycles. The van der Waals surface area contributed by atoms with E-state index in [2.05, 4.69) is 0 Å². The molecule has 0 aliphatic carbocycles. The molecule has 0 fully saturated rings. The first-order chi connectivity index (χ1) is 17.3. The van der Waals surface area contributed by atoms with Gasteiger partial charge in [0.15, 0.2) is 0 Å². The number of anilines is 1. The highest BCUT2D eigenvalue weighted by atomic mass is 16.5. The summed E-state index contributed by atoms with van der Waals surface area (Å²) in [6.07, 6.45) is 0. The fourth-order valence-electron chi connectivity index (χ4n) is 4.19. The van der Waals surface area contributed by atoms with Crippen LogP contribution < -0.4 is 4.90 Å². The number of carbonyl (C=O) groups excluding carboxylic acids is 3. The predicted molar refractivity (Wildman–Crippen MR) is 137 cm³/mol. The highest BCUT2D eigenvalue weighted by molar-refractivity contribution is 6.09. The Labute approximate surface area is 212 Å². The van der Waals surface area contributed by atoms with Crippen LogP contribution in [0.2, 0.25) is 0 Å². The Balaban J connectivity index is 2.39. The molecule has 0 N–H and O–H groups in total. The molecule has 190 valence electrons. The second-order valence-electron chi connectivity index (χ2n) is 8.71. The number of hydrogen-bond acceptors (Lipinski definition) is 7. The van der Waals surface area contributed by atoms with Crippen LogP contribution in [0, 0.1) is 5.92 Å². The minimum absolute atomic E-state index is 0.0215. The van der Waals surface area contributed by atoms with Crippen molar-refractivity contribution in [3.63, 3.8) is 0 Å². The van der Waals surface area contributed by atoms with Gasteiger partial charge in [-0.25, -0.2) is 14.4 Å². The Hall–Kier alpha value is -3.87. The van der Waals surface area contributed by atoms with E-state index in [-0.39, 0.29) is 42.6 Å². The van der Waals surface area contributed by atoms with Crippen LogP contribution in [0.5, 0.6) is 0 Å². The molecule has 0 amide bonds. The lowest BCUT2D eigenvalue weighted by Crippen LogP contribution is -2.39. The van der Waals surface area contributed by atoms with E-state index in [4.69, 9.17) is 14.2 Å². The molecule has 1 aliphatic heterocycles. The van der Waals surface area contributed by atoms with Gasteiger partial charge in [-0.1, -0.05) is 62.4 Å². The van der Waals surface area contributed by atoms with E-state index in [0.29, 0.717) is 16.9 Å². The summed E-state index contributed by atoms with van der Waals surface area (Å²) < 4.78 is 16.5. The predicted octanol–water partition coefficient (Wildman–Crippen LogP) is 5.14. The fraction of sp³-hybridized carbons (Fsp3) is 0.345. The number of benzene rings is 2. The van der Waals surface area contributed by atoms with Crippen LogP contribution in [0.3, 0.4) is 0 Å². The molecule has 0 spiro atoms. The molecule has 7 heteroatoms. The van der Waals surface area contributed by atoms with Gasteiger partial charge in [0.05, 0.1) is 36.9 Å². The first-order valence-corrected chi connectivity index (χ1v) is 12.2. The lowest BCUT2D eigenvalue weighted by molar-refractivity contribution is -0.143. The van der Waals surface area contributed by atoms with Crippen LogP contribution >= 0.6 is 0 Å². The monoisotopic (exact) mass is 491 g/mol. The van der Waals surface area contributed by atoms with Gasteiger partial charge in [-0.15, -0.1) is 0 Å². The molecule has 1 unspecified atom stereocenters. The van der Waals surface area contributed by atoms with Gasteiger partial charge in [0.25, 0.3) is 0 Å². The van der Waals surface area contributed by atoms with Crippen molar-refractivity contribution >= 4 is 23.6 Å². The topological polar surface area (TPSA) is 82.1 Å². The number of para-hydroxylation sites is 1. The standard InChI is InChI=1S/C29H33NO6/c1-6-34-28(32)25-24(21-14-10-8-11-15-21)23(27(31)36-18-19(3)4)20(5)30(22-16-12-9-13-17-22)26(25)29(33)35-7-2/h8-17,19,24H,6-7,18H2,1-5H3. The average molecular weight is 492 g/mol. The van der Waals surface area contributed by atoms with Crippen molar-refractivity contribution in [2.24, 2.45) is 5.92 Å². The summed E-state index contributed by atoms with van der Waals surface area (Å²) >= 11 is 0. The molecular formula is C29H33NO6. The Morgan fingerprint density at radius 2 is 1.31 bits per heavy atom. The van der Waals surface area contributed by atoms with Gasteiger partial charge in [0, 0.05) is 11.4 Å². The summed E-state index contributed by atoms with van der Waals surface area (Å²) in [5, 5.41) is 0. The van der Waals surface area contributed by atoms with Crippen LogP contribution in [-0.4, -0.2) is 37.7 Å². The minimum Gasteiger partial charge on any atom is -0.463 e. The lowest BCUT2D eigenvalue weighted by Gasteiger charge is -2.38. The number of nitrogens with zero attached hydrogens (tertiary/aromatic N) is 1. The summed E-state index contributed by atoms with van der Waals surface area (Å²) in [7, 11) is 0. The lowest BCUT2D eigenvalue weighted by atomic mass is 9.79. The number of allylic oxidation sites excluding steroid dienone is 1. The van der Waals surface area contributed by atoms with Gasteiger partial charge in [-0.05, 0) is 44.4 Å². The van der Waals surface area contributed by atoms with Crippen LogP contribution in [0.15, 0.2) is 83.2 Å². The van der Waals surface area contributed by atoms with Crippen molar-refractivity contribution in [3.8, 4) is 0 Å². The van der Waals surface area contributed by atoms with Crippen molar-refractivity contribution in [2.45, 2.75) is 40.5 Å². The highest BCUT2D eigenvalue weighted by Gasteiger charge is 2.45. The summed E-state index contributed by atoms with van der Waals surface area (Å²) in [6.45, 7) is 9.46. The van der Waals surface area contributed by atoms with Gasteiger partial charge in [0.2, 0.25) is 0 Å². The molecule has 0 saturated carbocycles. The maximum absolute atomic E-state index is 13.6. The van der Waals surface area contributed by atoms with Crippen LogP contribution in [0.25, 0.3) is 0 Å². The van der Waals surface area contributed by atoms with Gasteiger partial charge in [0.1, 0.15) is 5.70 Å². The molecule has 0 radical (unpaired) electrons. The number of esters is 3. The smallest absolute Gasteiger partial charge is 0.355 e. The number of ether oxygens (including phenoxy) is 3.